The summed E-state index contributed by atoms with van der Waals surface area (Å²) >= 11 is 0. The maximum absolute atomic E-state index is 11.3. The van der Waals surface area contributed by atoms with Crippen LogP contribution in [0.2, 0.25) is 0 Å². The molecule has 0 amide bonds. The first-order valence-electron chi connectivity index (χ1n) is 7.67. The lowest BCUT2D eigenvalue weighted by atomic mass is 9.88. The molecule has 0 bridgehead atoms. The zero-order valence-electron chi connectivity index (χ0n) is 12.3. The van der Waals surface area contributed by atoms with E-state index in [0.29, 0.717) is 11.8 Å². The highest BCUT2D eigenvalue weighted by Gasteiger charge is 2.55. The lowest BCUT2D eigenvalue weighted by molar-refractivity contribution is 0.0127. The summed E-state index contributed by atoms with van der Waals surface area (Å²) in [6, 6.07) is 16.7. The molecule has 0 heterocycles. The molecule has 2 aromatic rings. The van der Waals surface area contributed by atoms with E-state index in [1.807, 2.05) is 18.2 Å². The number of hydrogen-bond acceptors (Lipinski definition) is 2. The van der Waals surface area contributed by atoms with Crippen molar-refractivity contribution in [3.8, 4) is 5.75 Å². The molecule has 1 fully saturated rings. The molecule has 2 nitrogen and oxygen atoms in total. The molecule has 3 unspecified atom stereocenters. The van der Waals surface area contributed by atoms with Crippen LogP contribution >= 0.6 is 0 Å². The Balaban J connectivity index is 1.66. The van der Waals surface area contributed by atoms with E-state index in [-0.39, 0.29) is 0 Å². The molecule has 2 aliphatic carbocycles. The highest BCUT2D eigenvalue weighted by atomic mass is 16.5. The Kier molecular flexibility index (Phi) is 2.83. The van der Waals surface area contributed by atoms with E-state index >= 15 is 0 Å². The fourth-order valence-corrected chi connectivity index (χ4v) is 3.94. The standard InChI is InChI=1S/C19H20O2/c1-21-15-8-7-14-9-10-19(20,17(14)11-15)18-12-16(18)13-5-3-2-4-6-13/h2-8,11,16,18,20H,9-10,12H2,1H3. The minimum Gasteiger partial charge on any atom is -0.497 e. The highest BCUT2D eigenvalue weighted by molar-refractivity contribution is 5.45. The van der Waals surface area contributed by atoms with Crippen LogP contribution in [-0.4, -0.2) is 12.2 Å². The van der Waals surface area contributed by atoms with Gasteiger partial charge in [-0.25, -0.2) is 0 Å². The Morgan fingerprint density at radius 3 is 2.71 bits per heavy atom. The molecule has 108 valence electrons. The normalized spacial score (nSPS) is 30.0. The molecule has 0 aromatic heterocycles. The van der Waals surface area contributed by atoms with E-state index in [9.17, 15) is 5.11 Å². The fourth-order valence-electron chi connectivity index (χ4n) is 3.94. The van der Waals surface area contributed by atoms with Crippen LogP contribution in [0, 0.1) is 5.92 Å². The SMILES string of the molecule is COc1ccc2c(c1)C(O)(C1CC1c1ccccc1)CC2. The molecule has 2 aromatic carbocycles. The molecule has 0 saturated heterocycles. The van der Waals surface area contributed by atoms with Crippen molar-refractivity contribution in [2.24, 2.45) is 5.92 Å². The summed E-state index contributed by atoms with van der Waals surface area (Å²) < 4.78 is 5.33. The Bertz CT molecular complexity index is 665. The average molecular weight is 280 g/mol. The zero-order chi connectivity index (χ0) is 14.4. The van der Waals surface area contributed by atoms with Gasteiger partial charge >= 0.3 is 0 Å². The van der Waals surface area contributed by atoms with Crippen molar-refractivity contribution < 1.29 is 9.84 Å². The molecular formula is C19H20O2. The number of methoxy groups -OCH3 is 1. The highest BCUT2D eigenvalue weighted by Crippen LogP contribution is 2.60. The lowest BCUT2D eigenvalue weighted by Crippen LogP contribution is -2.25. The minimum absolute atomic E-state index is 0.341. The quantitative estimate of drug-likeness (QED) is 0.930. The summed E-state index contributed by atoms with van der Waals surface area (Å²) in [5.74, 6) is 1.67. The Morgan fingerprint density at radius 2 is 1.95 bits per heavy atom. The lowest BCUT2D eigenvalue weighted by Gasteiger charge is -2.25. The number of benzene rings is 2. The molecule has 0 spiro atoms. The number of hydrogen-bond donors (Lipinski definition) is 1. The van der Waals surface area contributed by atoms with Gasteiger partial charge in [0.25, 0.3) is 0 Å². The molecule has 3 atom stereocenters. The van der Waals surface area contributed by atoms with Gasteiger partial charge in [0.15, 0.2) is 0 Å². The molecule has 0 radical (unpaired) electrons. The monoisotopic (exact) mass is 280 g/mol. The second kappa shape index (κ2) is 4.60. The first-order chi connectivity index (χ1) is 10.2. The molecule has 1 saturated carbocycles. The molecule has 2 heteroatoms. The smallest absolute Gasteiger partial charge is 0.119 e. The van der Waals surface area contributed by atoms with Crippen molar-refractivity contribution in [3.63, 3.8) is 0 Å². The van der Waals surface area contributed by atoms with Gasteiger partial charge in [0.05, 0.1) is 12.7 Å². The number of rotatable bonds is 3. The van der Waals surface area contributed by atoms with Crippen molar-refractivity contribution in [1.29, 1.82) is 0 Å². The van der Waals surface area contributed by atoms with Gasteiger partial charge in [0.2, 0.25) is 0 Å². The summed E-state index contributed by atoms with van der Waals surface area (Å²) in [6.07, 6.45) is 2.88. The van der Waals surface area contributed by atoms with Crippen molar-refractivity contribution >= 4 is 0 Å². The fraction of sp³-hybridized carbons (Fsp3) is 0.368. The predicted molar refractivity (Wildman–Crippen MR) is 82.5 cm³/mol. The second-order valence-corrected chi connectivity index (χ2v) is 6.31. The van der Waals surface area contributed by atoms with Crippen LogP contribution in [0.5, 0.6) is 5.75 Å². The van der Waals surface area contributed by atoms with Crippen molar-refractivity contribution in [1.82, 2.24) is 0 Å². The predicted octanol–water partition coefficient (Wildman–Crippen LogP) is 3.63. The van der Waals surface area contributed by atoms with E-state index in [1.165, 1.54) is 11.1 Å². The van der Waals surface area contributed by atoms with E-state index in [4.69, 9.17) is 4.74 Å². The summed E-state index contributed by atoms with van der Waals surface area (Å²) in [5, 5.41) is 11.3. The van der Waals surface area contributed by atoms with E-state index in [2.05, 4.69) is 30.3 Å². The summed E-state index contributed by atoms with van der Waals surface area (Å²) in [7, 11) is 1.68. The average Bonchev–Trinajstić information content (AvgIpc) is 3.28. The van der Waals surface area contributed by atoms with Crippen LogP contribution in [0.1, 0.15) is 35.4 Å². The van der Waals surface area contributed by atoms with Gasteiger partial charge < -0.3 is 9.84 Å². The second-order valence-electron chi connectivity index (χ2n) is 6.31. The van der Waals surface area contributed by atoms with Gasteiger partial charge in [-0.2, -0.15) is 0 Å². The molecule has 21 heavy (non-hydrogen) atoms. The van der Waals surface area contributed by atoms with Crippen LogP contribution in [0.25, 0.3) is 0 Å². The third kappa shape index (κ3) is 1.97. The van der Waals surface area contributed by atoms with Crippen molar-refractivity contribution in [3.05, 3.63) is 65.2 Å². The van der Waals surface area contributed by atoms with E-state index < -0.39 is 5.60 Å². The van der Waals surface area contributed by atoms with Gasteiger partial charge in [0, 0.05) is 0 Å². The first-order valence-corrected chi connectivity index (χ1v) is 7.67. The minimum atomic E-state index is -0.676. The van der Waals surface area contributed by atoms with E-state index in [0.717, 1.165) is 30.6 Å². The topological polar surface area (TPSA) is 29.5 Å². The molecule has 4 rings (SSSR count). The maximum atomic E-state index is 11.3. The molecule has 0 aliphatic heterocycles. The number of ether oxygens (including phenoxy) is 1. The van der Waals surface area contributed by atoms with Crippen LogP contribution in [0.4, 0.5) is 0 Å². The Labute approximate surface area is 125 Å². The third-order valence-electron chi connectivity index (χ3n) is 5.19. The van der Waals surface area contributed by atoms with Gasteiger partial charge in [-0.15, -0.1) is 0 Å². The van der Waals surface area contributed by atoms with Crippen molar-refractivity contribution in [2.45, 2.75) is 30.8 Å². The zero-order valence-corrected chi connectivity index (χ0v) is 12.3. The molecule has 2 aliphatic rings. The number of aryl methyl sites for hydroxylation is 1. The maximum Gasteiger partial charge on any atom is 0.119 e. The van der Waals surface area contributed by atoms with Crippen LogP contribution in [-0.2, 0) is 12.0 Å². The van der Waals surface area contributed by atoms with E-state index in [1.54, 1.807) is 7.11 Å². The summed E-state index contributed by atoms with van der Waals surface area (Å²) in [6.45, 7) is 0. The molecular weight excluding hydrogens is 260 g/mol. The van der Waals surface area contributed by atoms with Gasteiger partial charge in [-0.1, -0.05) is 36.4 Å². The molecule has 1 N–H and O–H groups in total. The van der Waals surface area contributed by atoms with Gasteiger partial charge in [-0.05, 0) is 59.9 Å². The van der Waals surface area contributed by atoms with Crippen LogP contribution in [0.15, 0.2) is 48.5 Å². The summed E-state index contributed by atoms with van der Waals surface area (Å²) in [4.78, 5) is 0. The largest absolute Gasteiger partial charge is 0.497 e. The first kappa shape index (κ1) is 12.9. The number of aliphatic hydroxyl groups is 1. The Hall–Kier alpha value is -1.80. The summed E-state index contributed by atoms with van der Waals surface area (Å²) in [5.41, 5.74) is 3.04. The van der Waals surface area contributed by atoms with Gasteiger partial charge in [-0.3, -0.25) is 0 Å². The van der Waals surface area contributed by atoms with Crippen LogP contribution in [0.3, 0.4) is 0 Å². The van der Waals surface area contributed by atoms with Crippen molar-refractivity contribution in [2.75, 3.05) is 7.11 Å². The third-order valence-corrected chi connectivity index (χ3v) is 5.19. The number of fused-ring (bicyclic) bond motifs is 1. The van der Waals surface area contributed by atoms with Crippen LogP contribution < -0.4 is 4.74 Å². The van der Waals surface area contributed by atoms with Gasteiger partial charge in [0.1, 0.15) is 5.75 Å². The Morgan fingerprint density at radius 1 is 1.14 bits per heavy atom.